The average molecular weight is 281 g/mol. The predicted octanol–water partition coefficient (Wildman–Crippen LogP) is 2.48. The van der Waals surface area contributed by atoms with E-state index in [4.69, 9.17) is 5.11 Å². The van der Waals surface area contributed by atoms with E-state index in [9.17, 15) is 13.6 Å². The van der Waals surface area contributed by atoms with Crippen LogP contribution in [0.1, 0.15) is 6.92 Å². The van der Waals surface area contributed by atoms with Gasteiger partial charge in [0, 0.05) is 17.8 Å². The van der Waals surface area contributed by atoms with Crippen LogP contribution in [0.3, 0.4) is 0 Å². The molecule has 1 aromatic heterocycles. The maximum Gasteiger partial charge on any atom is 0.404 e. The van der Waals surface area contributed by atoms with Crippen LogP contribution in [-0.4, -0.2) is 27.0 Å². The lowest BCUT2D eigenvalue weighted by Gasteiger charge is -2.10. The second-order valence-electron chi connectivity index (χ2n) is 4.43. The Labute approximate surface area is 113 Å². The van der Waals surface area contributed by atoms with Gasteiger partial charge in [0.2, 0.25) is 0 Å². The van der Waals surface area contributed by atoms with Gasteiger partial charge in [-0.1, -0.05) is 6.07 Å². The molecular formula is C13H13F2N3O2. The number of halogens is 2. The Morgan fingerprint density at radius 3 is 2.80 bits per heavy atom. The van der Waals surface area contributed by atoms with Gasteiger partial charge in [-0.3, -0.25) is 4.68 Å². The zero-order valence-corrected chi connectivity index (χ0v) is 10.7. The van der Waals surface area contributed by atoms with Gasteiger partial charge in [-0.15, -0.1) is 0 Å². The number of benzene rings is 1. The first-order valence-corrected chi connectivity index (χ1v) is 5.93. The minimum atomic E-state index is -1.11. The van der Waals surface area contributed by atoms with Crippen LogP contribution in [0.25, 0.3) is 11.1 Å². The highest BCUT2D eigenvalue weighted by molar-refractivity contribution is 5.64. The third-order valence-corrected chi connectivity index (χ3v) is 2.72. The van der Waals surface area contributed by atoms with Gasteiger partial charge in [-0.25, -0.2) is 13.6 Å². The number of carbonyl (C=O) groups is 1. The van der Waals surface area contributed by atoms with Gasteiger partial charge < -0.3 is 10.4 Å². The summed E-state index contributed by atoms with van der Waals surface area (Å²) in [6.45, 7) is 2.04. The van der Waals surface area contributed by atoms with E-state index < -0.39 is 17.7 Å². The van der Waals surface area contributed by atoms with Crippen molar-refractivity contribution in [2.24, 2.45) is 0 Å². The number of nitrogens with zero attached hydrogens (tertiary/aromatic N) is 2. The molecule has 7 heteroatoms. The Hall–Kier alpha value is -2.44. The zero-order valence-electron chi connectivity index (χ0n) is 10.7. The van der Waals surface area contributed by atoms with Crippen molar-refractivity contribution in [1.82, 2.24) is 15.1 Å². The molecule has 106 valence electrons. The Morgan fingerprint density at radius 2 is 2.15 bits per heavy atom. The minimum Gasteiger partial charge on any atom is -0.465 e. The molecule has 20 heavy (non-hydrogen) atoms. The zero-order chi connectivity index (χ0) is 14.7. The SMILES string of the molecule is C[C@@H](Cn1cc(-c2ccc(F)c(F)c2)cn1)NC(=O)O. The summed E-state index contributed by atoms with van der Waals surface area (Å²) in [4.78, 5) is 10.5. The molecule has 1 amide bonds. The highest BCUT2D eigenvalue weighted by Crippen LogP contribution is 2.20. The first-order chi connectivity index (χ1) is 9.45. The second-order valence-corrected chi connectivity index (χ2v) is 4.43. The molecule has 5 nitrogen and oxygen atoms in total. The molecule has 0 bridgehead atoms. The molecule has 2 aromatic rings. The van der Waals surface area contributed by atoms with E-state index in [1.54, 1.807) is 13.1 Å². The van der Waals surface area contributed by atoms with Crippen molar-refractivity contribution in [1.29, 1.82) is 0 Å². The number of aromatic nitrogens is 2. The summed E-state index contributed by atoms with van der Waals surface area (Å²) in [5.41, 5.74) is 1.14. The summed E-state index contributed by atoms with van der Waals surface area (Å²) >= 11 is 0. The number of hydrogen-bond acceptors (Lipinski definition) is 2. The molecule has 2 N–H and O–H groups in total. The number of nitrogens with one attached hydrogen (secondary N) is 1. The molecule has 0 fully saturated rings. The topological polar surface area (TPSA) is 67.2 Å². The molecule has 0 aliphatic rings. The highest BCUT2D eigenvalue weighted by Gasteiger charge is 2.09. The minimum absolute atomic E-state index is 0.315. The largest absolute Gasteiger partial charge is 0.465 e. The monoisotopic (exact) mass is 281 g/mol. The van der Waals surface area contributed by atoms with Crippen molar-refractivity contribution < 1.29 is 18.7 Å². The van der Waals surface area contributed by atoms with E-state index in [-0.39, 0.29) is 6.04 Å². The molecule has 0 spiro atoms. The van der Waals surface area contributed by atoms with Gasteiger partial charge in [0.1, 0.15) is 0 Å². The van der Waals surface area contributed by atoms with Crippen LogP contribution < -0.4 is 5.32 Å². The fourth-order valence-electron chi connectivity index (χ4n) is 1.83. The lowest BCUT2D eigenvalue weighted by atomic mass is 10.1. The first-order valence-electron chi connectivity index (χ1n) is 5.93. The first kappa shape index (κ1) is 14.0. The number of rotatable bonds is 4. The van der Waals surface area contributed by atoms with Crippen LogP contribution in [0.5, 0.6) is 0 Å². The summed E-state index contributed by atoms with van der Waals surface area (Å²) < 4.78 is 27.5. The van der Waals surface area contributed by atoms with Gasteiger partial charge in [-0.05, 0) is 24.6 Å². The lowest BCUT2D eigenvalue weighted by molar-refractivity contribution is 0.189. The fraction of sp³-hybridized carbons (Fsp3) is 0.231. The van der Waals surface area contributed by atoms with Gasteiger partial charge in [0.25, 0.3) is 0 Å². The third kappa shape index (κ3) is 3.31. The molecule has 0 radical (unpaired) electrons. The molecule has 2 rings (SSSR count). The number of amides is 1. The Bertz CT molecular complexity index is 628. The second kappa shape index (κ2) is 5.68. The van der Waals surface area contributed by atoms with Crippen molar-refractivity contribution >= 4 is 6.09 Å². The average Bonchev–Trinajstić information content (AvgIpc) is 2.80. The maximum absolute atomic E-state index is 13.1. The Balaban J connectivity index is 2.12. The molecule has 0 aliphatic heterocycles. The molecular weight excluding hydrogens is 268 g/mol. The molecule has 0 saturated carbocycles. The van der Waals surface area contributed by atoms with Crippen molar-refractivity contribution in [2.45, 2.75) is 19.5 Å². The number of hydrogen-bond donors (Lipinski definition) is 2. The van der Waals surface area contributed by atoms with Gasteiger partial charge in [-0.2, -0.15) is 5.10 Å². The molecule has 1 atom stereocenters. The fourth-order valence-corrected chi connectivity index (χ4v) is 1.83. The van der Waals surface area contributed by atoms with Crippen LogP contribution in [0.15, 0.2) is 30.6 Å². The summed E-state index contributed by atoms with van der Waals surface area (Å²) in [6.07, 6.45) is 2.05. The van der Waals surface area contributed by atoms with Crippen LogP contribution in [-0.2, 0) is 6.54 Å². The third-order valence-electron chi connectivity index (χ3n) is 2.72. The van der Waals surface area contributed by atoms with E-state index in [1.807, 2.05) is 0 Å². The highest BCUT2D eigenvalue weighted by atomic mass is 19.2. The predicted molar refractivity (Wildman–Crippen MR) is 68.2 cm³/mol. The Morgan fingerprint density at radius 1 is 1.40 bits per heavy atom. The lowest BCUT2D eigenvalue weighted by Crippen LogP contribution is -2.34. The summed E-state index contributed by atoms with van der Waals surface area (Å²) in [6, 6.07) is 3.29. The van der Waals surface area contributed by atoms with E-state index in [0.717, 1.165) is 12.1 Å². The van der Waals surface area contributed by atoms with E-state index >= 15 is 0 Å². The smallest absolute Gasteiger partial charge is 0.404 e. The van der Waals surface area contributed by atoms with Crippen molar-refractivity contribution in [3.05, 3.63) is 42.2 Å². The van der Waals surface area contributed by atoms with Crippen LogP contribution in [0.2, 0.25) is 0 Å². The summed E-state index contributed by atoms with van der Waals surface area (Å²) in [7, 11) is 0. The van der Waals surface area contributed by atoms with Crippen LogP contribution >= 0.6 is 0 Å². The van der Waals surface area contributed by atoms with Crippen LogP contribution in [0, 0.1) is 11.6 Å². The normalized spacial score (nSPS) is 12.2. The van der Waals surface area contributed by atoms with E-state index in [0.29, 0.717) is 17.7 Å². The van der Waals surface area contributed by atoms with E-state index in [1.165, 1.54) is 16.9 Å². The quantitative estimate of drug-likeness (QED) is 0.904. The van der Waals surface area contributed by atoms with Gasteiger partial charge in [0.05, 0.1) is 12.7 Å². The summed E-state index contributed by atoms with van der Waals surface area (Å²) in [5.74, 6) is -1.82. The maximum atomic E-state index is 13.1. The number of carboxylic acid groups (broad SMARTS) is 1. The molecule has 0 saturated heterocycles. The molecule has 1 heterocycles. The van der Waals surface area contributed by atoms with Crippen LogP contribution in [0.4, 0.5) is 13.6 Å². The summed E-state index contributed by atoms with van der Waals surface area (Å²) in [5, 5.41) is 14.9. The van der Waals surface area contributed by atoms with Crippen molar-refractivity contribution in [3.63, 3.8) is 0 Å². The van der Waals surface area contributed by atoms with E-state index in [2.05, 4.69) is 10.4 Å². The van der Waals surface area contributed by atoms with Gasteiger partial charge >= 0.3 is 6.09 Å². The Kier molecular flexibility index (Phi) is 3.97. The molecule has 0 unspecified atom stereocenters. The molecule has 1 aromatic carbocycles. The van der Waals surface area contributed by atoms with Gasteiger partial charge in [0.15, 0.2) is 11.6 Å². The standard InChI is InChI=1S/C13H13F2N3O2/c1-8(17-13(19)20)6-18-7-10(5-16-18)9-2-3-11(14)12(15)4-9/h2-5,7-8,17H,6H2,1H3,(H,19,20)/t8-/m0/s1. The van der Waals surface area contributed by atoms with Crippen molar-refractivity contribution in [3.8, 4) is 11.1 Å². The molecule has 0 aliphatic carbocycles. The van der Waals surface area contributed by atoms with Crippen molar-refractivity contribution in [2.75, 3.05) is 0 Å².